The maximum Gasteiger partial charge on any atom is 0.227 e. The van der Waals surface area contributed by atoms with Gasteiger partial charge in [0.25, 0.3) is 0 Å². The van der Waals surface area contributed by atoms with Crippen LogP contribution in [-0.4, -0.2) is 25.5 Å². The number of benzene rings is 2. The fourth-order valence-electron chi connectivity index (χ4n) is 4.29. The van der Waals surface area contributed by atoms with Gasteiger partial charge in [-0.3, -0.25) is 4.79 Å². The zero-order valence-electron chi connectivity index (χ0n) is 19.2. The van der Waals surface area contributed by atoms with E-state index in [-0.39, 0.29) is 18.1 Å². The van der Waals surface area contributed by atoms with Crippen LogP contribution in [0.25, 0.3) is 16.6 Å². The minimum Gasteiger partial charge on any atom is -0.306 e. The number of hydrogen-bond acceptors (Lipinski definition) is 5. The monoisotopic (exact) mass is 473 g/mol. The molecule has 0 saturated carbocycles. The van der Waals surface area contributed by atoms with Gasteiger partial charge in [0.05, 0.1) is 22.8 Å². The molecule has 5 aromatic rings. The van der Waals surface area contributed by atoms with Gasteiger partial charge in [-0.05, 0) is 69.2 Å². The van der Waals surface area contributed by atoms with Gasteiger partial charge < -0.3 is 4.90 Å². The summed E-state index contributed by atoms with van der Waals surface area (Å²) >= 11 is 1.55. The Kier molecular flexibility index (Phi) is 5.83. The van der Waals surface area contributed by atoms with Gasteiger partial charge in [-0.25, -0.2) is 18.9 Å². The molecule has 1 amide bonds. The summed E-state index contributed by atoms with van der Waals surface area (Å²) < 4.78 is 15.4. The summed E-state index contributed by atoms with van der Waals surface area (Å²) in [5.74, 6) is -0.389. The van der Waals surface area contributed by atoms with E-state index in [1.54, 1.807) is 28.4 Å². The molecule has 0 unspecified atom stereocenters. The SMILES string of the molecule is Cc1nc(CN(C(=O)CCc2c(C)nc3c4ccccc4nn3c2C)c2ccc(F)cc2)cs1. The van der Waals surface area contributed by atoms with Crippen LogP contribution in [0.2, 0.25) is 0 Å². The molecule has 0 aliphatic heterocycles. The summed E-state index contributed by atoms with van der Waals surface area (Å²) in [5.41, 5.74) is 6.08. The Bertz CT molecular complexity index is 1510. The van der Waals surface area contributed by atoms with Crippen LogP contribution in [0.1, 0.15) is 34.1 Å². The summed E-state index contributed by atoms with van der Waals surface area (Å²) in [5, 5.41) is 8.62. The third-order valence-corrected chi connectivity index (χ3v) is 6.86. The van der Waals surface area contributed by atoms with Crippen LogP contribution in [0, 0.1) is 26.6 Å². The first-order valence-corrected chi connectivity index (χ1v) is 12.0. The Morgan fingerprint density at radius 1 is 1.06 bits per heavy atom. The summed E-state index contributed by atoms with van der Waals surface area (Å²) in [6.07, 6.45) is 0.819. The van der Waals surface area contributed by atoms with Gasteiger partial charge in [0.15, 0.2) is 5.65 Å². The molecule has 0 atom stereocenters. The van der Waals surface area contributed by atoms with E-state index in [0.717, 1.165) is 44.2 Å². The van der Waals surface area contributed by atoms with Crippen LogP contribution in [0.5, 0.6) is 0 Å². The summed E-state index contributed by atoms with van der Waals surface area (Å²) in [6, 6.07) is 13.9. The first kappa shape index (κ1) is 22.2. The number of fused-ring (bicyclic) bond motifs is 3. The second-order valence-electron chi connectivity index (χ2n) is 8.33. The lowest BCUT2D eigenvalue weighted by Crippen LogP contribution is -2.31. The third-order valence-electron chi connectivity index (χ3n) is 6.03. The predicted octanol–water partition coefficient (Wildman–Crippen LogP) is 5.57. The smallest absolute Gasteiger partial charge is 0.227 e. The first-order chi connectivity index (χ1) is 16.4. The molecule has 172 valence electrons. The average molecular weight is 474 g/mol. The molecule has 0 N–H and O–H groups in total. The van der Waals surface area contributed by atoms with Crippen molar-refractivity contribution < 1.29 is 9.18 Å². The number of nitrogens with zero attached hydrogens (tertiary/aromatic N) is 5. The average Bonchev–Trinajstić information content (AvgIpc) is 3.41. The van der Waals surface area contributed by atoms with Gasteiger partial charge in [-0.2, -0.15) is 5.10 Å². The van der Waals surface area contributed by atoms with Crippen LogP contribution in [0.3, 0.4) is 0 Å². The number of amides is 1. The molecule has 0 aliphatic carbocycles. The van der Waals surface area contributed by atoms with Crippen molar-refractivity contribution in [3.05, 3.63) is 87.4 Å². The second-order valence-corrected chi connectivity index (χ2v) is 9.39. The fraction of sp³-hybridized carbons (Fsp3) is 0.231. The van der Waals surface area contributed by atoms with Crippen LogP contribution in [0.15, 0.2) is 53.9 Å². The number of aryl methyl sites for hydroxylation is 3. The third kappa shape index (κ3) is 4.17. The number of halogens is 1. The van der Waals surface area contributed by atoms with Crippen molar-refractivity contribution in [2.75, 3.05) is 4.90 Å². The Morgan fingerprint density at radius 2 is 1.82 bits per heavy atom. The maximum absolute atomic E-state index is 13.5. The van der Waals surface area contributed by atoms with E-state index < -0.39 is 0 Å². The van der Waals surface area contributed by atoms with Gasteiger partial charge in [-0.1, -0.05) is 12.1 Å². The highest BCUT2D eigenvalue weighted by Crippen LogP contribution is 2.25. The van der Waals surface area contributed by atoms with E-state index >= 15 is 0 Å². The van der Waals surface area contributed by atoms with Crippen LogP contribution in [-0.2, 0) is 17.8 Å². The molecule has 8 heteroatoms. The lowest BCUT2D eigenvalue weighted by Gasteiger charge is -2.22. The zero-order chi connectivity index (χ0) is 23.8. The Hall–Kier alpha value is -3.65. The highest BCUT2D eigenvalue weighted by atomic mass is 32.1. The molecule has 0 saturated heterocycles. The first-order valence-electron chi connectivity index (χ1n) is 11.1. The number of aromatic nitrogens is 4. The van der Waals surface area contributed by atoms with Gasteiger partial charge in [-0.15, -0.1) is 11.3 Å². The molecule has 0 spiro atoms. The molecular weight excluding hydrogens is 449 g/mol. The lowest BCUT2D eigenvalue weighted by molar-refractivity contribution is -0.118. The van der Waals surface area contributed by atoms with Crippen LogP contribution < -0.4 is 4.90 Å². The number of carbonyl (C=O) groups is 1. The van der Waals surface area contributed by atoms with Crippen molar-refractivity contribution in [2.24, 2.45) is 0 Å². The minimum atomic E-state index is -0.335. The maximum atomic E-state index is 13.5. The molecule has 3 heterocycles. The molecule has 2 aromatic carbocycles. The van der Waals surface area contributed by atoms with Crippen molar-refractivity contribution in [1.82, 2.24) is 19.6 Å². The molecule has 0 fully saturated rings. The summed E-state index contributed by atoms with van der Waals surface area (Å²) in [6.45, 7) is 6.27. The highest BCUT2D eigenvalue weighted by molar-refractivity contribution is 7.09. The standard InChI is InChI=1S/C26H24FN5OS/c1-16-22(17(2)32-26(28-16)23-6-4-5-7-24(23)30-32)12-13-25(33)31(14-20-15-34-18(3)29-20)21-10-8-19(27)9-11-21/h4-11,15H,12-14H2,1-3H3. The van der Waals surface area contributed by atoms with E-state index in [0.29, 0.717) is 18.7 Å². The van der Waals surface area contributed by atoms with E-state index in [9.17, 15) is 9.18 Å². The molecule has 3 aromatic heterocycles. The molecular formula is C26H24FN5OS. The number of thiazole rings is 1. The normalized spacial score (nSPS) is 11.4. The number of hydrogen-bond donors (Lipinski definition) is 0. The fourth-order valence-corrected chi connectivity index (χ4v) is 4.90. The second kappa shape index (κ2) is 8.95. The predicted molar refractivity (Wildman–Crippen MR) is 133 cm³/mol. The van der Waals surface area contributed by atoms with Gasteiger partial charge in [0.1, 0.15) is 5.82 Å². The number of rotatable bonds is 6. The molecule has 0 radical (unpaired) electrons. The van der Waals surface area contributed by atoms with E-state index in [4.69, 9.17) is 10.1 Å². The van der Waals surface area contributed by atoms with Crippen molar-refractivity contribution in [3.63, 3.8) is 0 Å². The largest absolute Gasteiger partial charge is 0.306 e. The van der Waals surface area contributed by atoms with Gasteiger partial charge in [0.2, 0.25) is 5.91 Å². The van der Waals surface area contributed by atoms with Gasteiger partial charge in [0, 0.05) is 34.3 Å². The Morgan fingerprint density at radius 3 is 2.56 bits per heavy atom. The molecule has 34 heavy (non-hydrogen) atoms. The molecule has 5 rings (SSSR count). The number of anilines is 1. The van der Waals surface area contributed by atoms with E-state index in [1.807, 2.05) is 54.9 Å². The topological polar surface area (TPSA) is 63.4 Å². The quantitative estimate of drug-likeness (QED) is 0.323. The Balaban J connectivity index is 1.43. The highest BCUT2D eigenvalue weighted by Gasteiger charge is 2.20. The van der Waals surface area contributed by atoms with E-state index in [2.05, 4.69) is 4.98 Å². The van der Waals surface area contributed by atoms with E-state index in [1.165, 1.54) is 12.1 Å². The van der Waals surface area contributed by atoms with Crippen LogP contribution >= 0.6 is 11.3 Å². The zero-order valence-corrected chi connectivity index (χ0v) is 20.1. The van der Waals surface area contributed by atoms with Crippen molar-refractivity contribution >= 4 is 39.5 Å². The molecule has 0 aliphatic rings. The molecule has 0 bridgehead atoms. The van der Waals surface area contributed by atoms with Crippen molar-refractivity contribution in [1.29, 1.82) is 0 Å². The minimum absolute atomic E-state index is 0.0539. The summed E-state index contributed by atoms with van der Waals surface area (Å²) in [7, 11) is 0. The Labute approximate surface area is 200 Å². The van der Waals surface area contributed by atoms with Gasteiger partial charge >= 0.3 is 0 Å². The van der Waals surface area contributed by atoms with Crippen molar-refractivity contribution in [3.8, 4) is 0 Å². The molecule has 6 nitrogen and oxygen atoms in total. The van der Waals surface area contributed by atoms with Crippen LogP contribution in [0.4, 0.5) is 10.1 Å². The van der Waals surface area contributed by atoms with Crippen molar-refractivity contribution in [2.45, 2.75) is 40.2 Å². The summed E-state index contributed by atoms with van der Waals surface area (Å²) in [4.78, 5) is 24.4. The lowest BCUT2D eigenvalue weighted by atomic mass is 10.1. The number of carbonyl (C=O) groups excluding carboxylic acids is 1.